The average molecular weight is 372 g/mol. The van der Waals surface area contributed by atoms with Gasteiger partial charge in [0.1, 0.15) is 11.6 Å². The van der Waals surface area contributed by atoms with Crippen molar-refractivity contribution in [3.63, 3.8) is 0 Å². The van der Waals surface area contributed by atoms with Crippen LogP contribution in [0.15, 0.2) is 47.8 Å². The fraction of sp³-hybridized carbons (Fsp3) is 0.167. The van der Waals surface area contributed by atoms with Gasteiger partial charge >= 0.3 is 0 Å². The lowest BCUT2D eigenvalue weighted by molar-refractivity contribution is -0.114. The van der Waals surface area contributed by atoms with Crippen molar-refractivity contribution >= 4 is 22.5 Å². The summed E-state index contributed by atoms with van der Waals surface area (Å²) in [5, 5.41) is 3.02. The molecule has 0 radical (unpaired) electrons. The van der Waals surface area contributed by atoms with E-state index in [0.717, 1.165) is 5.56 Å². The quantitative estimate of drug-likeness (QED) is 0.764. The van der Waals surface area contributed by atoms with Gasteiger partial charge in [-0.2, -0.15) is 0 Å². The van der Waals surface area contributed by atoms with Crippen molar-refractivity contribution in [1.29, 1.82) is 0 Å². The molecule has 1 atom stereocenters. The molecule has 8 heteroatoms. The van der Waals surface area contributed by atoms with Gasteiger partial charge in [-0.1, -0.05) is 0 Å². The van der Waals surface area contributed by atoms with E-state index in [1.54, 1.807) is 48.3 Å². The minimum absolute atomic E-state index is 0.207. The van der Waals surface area contributed by atoms with Crippen molar-refractivity contribution < 1.29 is 13.4 Å². The summed E-state index contributed by atoms with van der Waals surface area (Å²) in [6, 6.07) is 9.44. The number of nitrogens with one attached hydrogen (secondary N) is 1. The lowest BCUT2D eigenvalue weighted by Gasteiger charge is -2.08. The van der Waals surface area contributed by atoms with E-state index >= 15 is 0 Å². The maximum atomic E-state index is 13.3. The van der Waals surface area contributed by atoms with E-state index < -0.39 is 10.8 Å². The van der Waals surface area contributed by atoms with Gasteiger partial charge in [0.15, 0.2) is 5.16 Å². The van der Waals surface area contributed by atoms with Crippen LogP contribution >= 0.6 is 0 Å². The molecule has 0 aliphatic heterocycles. The van der Waals surface area contributed by atoms with Crippen LogP contribution in [-0.2, 0) is 22.6 Å². The third kappa shape index (κ3) is 3.55. The number of benzene rings is 1. The van der Waals surface area contributed by atoms with Crippen LogP contribution in [0.5, 0.6) is 0 Å². The highest BCUT2D eigenvalue weighted by atomic mass is 32.2. The highest BCUT2D eigenvalue weighted by Gasteiger charge is 2.20. The number of imidazole rings is 1. The van der Waals surface area contributed by atoms with Gasteiger partial charge in [-0.15, -0.1) is 0 Å². The summed E-state index contributed by atoms with van der Waals surface area (Å²) in [4.78, 5) is 19.9. The molecule has 0 aliphatic carbocycles. The number of carbonyl (C=O) groups is 1. The molecule has 1 amide bonds. The summed E-state index contributed by atoms with van der Waals surface area (Å²) in [5.41, 5.74) is 2.75. The Morgan fingerprint density at radius 1 is 1.15 bits per heavy atom. The Bertz CT molecular complexity index is 982. The fourth-order valence-electron chi connectivity index (χ4n) is 2.66. The first-order chi connectivity index (χ1) is 12.4. The average Bonchev–Trinajstić information content (AvgIpc) is 2.93. The summed E-state index contributed by atoms with van der Waals surface area (Å²) < 4.78 is 27.0. The third-order valence-corrected chi connectivity index (χ3v) is 4.65. The first kappa shape index (κ1) is 17.9. The molecule has 3 aromatic rings. The number of halogens is 1. The molecule has 0 bridgehead atoms. The molecule has 1 unspecified atom stereocenters. The van der Waals surface area contributed by atoms with E-state index in [1.807, 2.05) is 0 Å². The number of nitrogens with zero attached hydrogens (tertiary/aromatic N) is 3. The Kier molecular flexibility index (Phi) is 4.94. The van der Waals surface area contributed by atoms with Gasteiger partial charge < -0.3 is 9.88 Å². The lowest BCUT2D eigenvalue weighted by atomic mass is 10.1. The molecule has 26 heavy (non-hydrogen) atoms. The Morgan fingerprint density at radius 2 is 1.81 bits per heavy atom. The molecule has 0 spiro atoms. The van der Waals surface area contributed by atoms with Crippen LogP contribution < -0.4 is 5.32 Å². The van der Waals surface area contributed by atoms with Crippen LogP contribution in [0.4, 0.5) is 10.2 Å². The summed E-state index contributed by atoms with van der Waals surface area (Å²) >= 11 is 0. The van der Waals surface area contributed by atoms with E-state index in [1.165, 1.54) is 19.1 Å². The number of anilines is 1. The number of aromatic nitrogens is 3. The molecule has 0 aliphatic rings. The van der Waals surface area contributed by atoms with Crippen molar-refractivity contribution in [2.45, 2.75) is 12.1 Å². The molecule has 0 fully saturated rings. The molecular weight excluding hydrogens is 355 g/mol. The molecule has 2 heterocycles. The van der Waals surface area contributed by atoms with Crippen molar-refractivity contribution in [3.8, 4) is 22.5 Å². The van der Waals surface area contributed by atoms with Gasteiger partial charge in [0.2, 0.25) is 5.91 Å². The minimum atomic E-state index is -1.29. The first-order valence-electron chi connectivity index (χ1n) is 7.77. The molecule has 1 N–H and O–H groups in total. The summed E-state index contributed by atoms with van der Waals surface area (Å²) in [6.07, 6.45) is 3.16. The standard InChI is InChI=1S/C18H17FN4O2S/c1-11(24)21-15-9-6-13(10-20-15)17-16(12-4-7-14(19)8-5-12)22-18(23(17)2)26(3)25/h4-10H,1-3H3,(H,20,21,24). The van der Waals surface area contributed by atoms with Crippen LogP contribution in [0.1, 0.15) is 6.92 Å². The molecular formula is C18H17FN4O2S. The maximum absolute atomic E-state index is 13.3. The molecule has 1 aromatic carbocycles. The predicted molar refractivity (Wildman–Crippen MR) is 98.5 cm³/mol. The number of hydrogen-bond donors (Lipinski definition) is 1. The van der Waals surface area contributed by atoms with Crippen LogP contribution in [0.3, 0.4) is 0 Å². The Hall–Kier alpha value is -2.87. The van der Waals surface area contributed by atoms with Crippen LogP contribution in [-0.4, -0.2) is 30.9 Å². The molecule has 0 saturated carbocycles. The molecule has 134 valence electrons. The van der Waals surface area contributed by atoms with Crippen LogP contribution in [0.2, 0.25) is 0 Å². The molecule has 6 nitrogen and oxygen atoms in total. The second-order valence-electron chi connectivity index (χ2n) is 5.72. The zero-order chi connectivity index (χ0) is 18.8. The number of carbonyl (C=O) groups excluding carboxylic acids is 1. The van der Waals surface area contributed by atoms with E-state index in [9.17, 15) is 13.4 Å². The van der Waals surface area contributed by atoms with Gasteiger partial charge in [-0.05, 0) is 36.4 Å². The smallest absolute Gasteiger partial charge is 0.222 e. The highest BCUT2D eigenvalue weighted by Crippen LogP contribution is 2.33. The van der Waals surface area contributed by atoms with Crippen molar-refractivity contribution in [3.05, 3.63) is 48.4 Å². The van der Waals surface area contributed by atoms with Crippen LogP contribution in [0.25, 0.3) is 22.5 Å². The molecule has 3 rings (SSSR count). The van der Waals surface area contributed by atoms with Crippen molar-refractivity contribution in [1.82, 2.24) is 14.5 Å². The summed E-state index contributed by atoms with van der Waals surface area (Å²) in [5.74, 6) is -0.112. The van der Waals surface area contributed by atoms with Gasteiger partial charge in [0.05, 0.1) is 22.2 Å². The van der Waals surface area contributed by atoms with Gasteiger partial charge in [-0.3, -0.25) is 9.00 Å². The van der Waals surface area contributed by atoms with Gasteiger partial charge in [0.25, 0.3) is 0 Å². The third-order valence-electron chi connectivity index (χ3n) is 3.77. The van der Waals surface area contributed by atoms with Crippen molar-refractivity contribution in [2.24, 2.45) is 7.05 Å². The molecule has 2 aromatic heterocycles. The molecule has 0 saturated heterocycles. The Labute approximate surface area is 152 Å². The number of amides is 1. The fourth-order valence-corrected chi connectivity index (χ4v) is 3.36. The largest absolute Gasteiger partial charge is 0.319 e. The number of pyridine rings is 1. The predicted octanol–water partition coefficient (Wildman–Crippen LogP) is 2.98. The van der Waals surface area contributed by atoms with E-state index in [0.29, 0.717) is 27.9 Å². The van der Waals surface area contributed by atoms with Crippen LogP contribution in [0, 0.1) is 5.82 Å². The van der Waals surface area contributed by atoms with E-state index in [4.69, 9.17) is 0 Å². The first-order valence-corrected chi connectivity index (χ1v) is 9.32. The number of hydrogen-bond acceptors (Lipinski definition) is 4. The monoisotopic (exact) mass is 372 g/mol. The summed E-state index contributed by atoms with van der Waals surface area (Å²) in [7, 11) is 0.478. The second-order valence-corrected chi connectivity index (χ2v) is 7.00. The van der Waals surface area contributed by atoms with Gasteiger partial charge in [0, 0.05) is 37.6 Å². The van der Waals surface area contributed by atoms with E-state index in [-0.39, 0.29) is 11.7 Å². The second kappa shape index (κ2) is 7.17. The van der Waals surface area contributed by atoms with E-state index in [2.05, 4.69) is 15.3 Å². The zero-order valence-corrected chi connectivity index (χ0v) is 15.3. The highest BCUT2D eigenvalue weighted by molar-refractivity contribution is 7.84. The summed E-state index contributed by atoms with van der Waals surface area (Å²) in [6.45, 7) is 1.41. The zero-order valence-electron chi connectivity index (χ0n) is 14.5. The lowest BCUT2D eigenvalue weighted by Crippen LogP contribution is -2.07. The maximum Gasteiger partial charge on any atom is 0.222 e. The SMILES string of the molecule is CC(=O)Nc1ccc(-c2c(-c3ccc(F)cc3)nc(S(C)=O)n2C)cn1. The minimum Gasteiger partial charge on any atom is -0.319 e. The Balaban J connectivity index is 2.14. The number of rotatable bonds is 4. The van der Waals surface area contributed by atoms with Gasteiger partial charge in [-0.25, -0.2) is 14.4 Å². The Morgan fingerprint density at radius 3 is 2.35 bits per heavy atom. The topological polar surface area (TPSA) is 76.9 Å². The normalized spacial score (nSPS) is 12.0. The van der Waals surface area contributed by atoms with Crippen molar-refractivity contribution in [2.75, 3.05) is 11.6 Å².